The van der Waals surface area contributed by atoms with E-state index in [-0.39, 0.29) is 46.5 Å². The second-order valence-electron chi connectivity index (χ2n) is 6.24. The summed E-state index contributed by atoms with van der Waals surface area (Å²) in [4.78, 5) is 10.2. The molecule has 0 saturated carbocycles. The third-order valence-corrected chi connectivity index (χ3v) is 4.75. The molecule has 2 aromatic rings. The molecule has 0 unspecified atom stereocenters. The first-order chi connectivity index (χ1) is 10.8. The van der Waals surface area contributed by atoms with E-state index in [0.29, 0.717) is 5.56 Å². The van der Waals surface area contributed by atoms with E-state index in [0.717, 1.165) is 0 Å². The van der Waals surface area contributed by atoms with Crippen molar-refractivity contribution >= 4 is 5.97 Å². The molecule has 2 aliphatic rings. The van der Waals surface area contributed by atoms with Crippen molar-refractivity contribution in [2.45, 2.75) is 51.4 Å². The number of benzene rings is 1. The summed E-state index contributed by atoms with van der Waals surface area (Å²) in [7, 11) is 0. The molecule has 4 rings (SSSR count). The Bertz CT molecular complexity index is 623. The van der Waals surface area contributed by atoms with Gasteiger partial charge in [0.15, 0.2) is 0 Å². The molecule has 5 heteroatoms. The summed E-state index contributed by atoms with van der Waals surface area (Å²) >= 11 is 0. The number of hydrogen-bond donors (Lipinski definition) is 1. The Morgan fingerprint density at radius 2 is 1.24 bits per heavy atom. The van der Waals surface area contributed by atoms with Crippen LogP contribution in [-0.2, 0) is 47.4 Å². The van der Waals surface area contributed by atoms with Crippen molar-refractivity contribution in [2.24, 2.45) is 0 Å². The molecule has 0 aromatic heterocycles. The first kappa shape index (κ1) is 24.3. The van der Waals surface area contributed by atoms with Gasteiger partial charge in [0, 0.05) is 0 Å². The Hall–Kier alpha value is -0.666. The van der Waals surface area contributed by atoms with E-state index in [1.807, 2.05) is 0 Å². The van der Waals surface area contributed by atoms with Gasteiger partial charge >= 0.3 is 27.7 Å². The van der Waals surface area contributed by atoms with Gasteiger partial charge in [0.05, 0.1) is 5.56 Å². The first-order valence-electron chi connectivity index (χ1n) is 8.33. The standard InChI is InChI=1S/C13H17.C7H6O2.2ClH.Ti/c1-3-7-12-10(5-1)9-11-6-2-4-8-13(11)12;8-7(9)6-4-2-1-3-5-6;;;/h9H,1-8H2;1-5H,(H,8,9);2*1H;/q-1;;;;+3/p-2. The minimum absolute atomic E-state index is 0. The maximum atomic E-state index is 10.2. The van der Waals surface area contributed by atoms with Crippen LogP contribution in [0.5, 0.6) is 0 Å². The molecular weight excluding hydrogens is 391 g/mol. The van der Waals surface area contributed by atoms with Crippen LogP contribution in [-0.4, -0.2) is 11.1 Å². The second kappa shape index (κ2) is 11.9. The topological polar surface area (TPSA) is 37.3 Å². The van der Waals surface area contributed by atoms with Gasteiger partial charge in [0.25, 0.3) is 0 Å². The van der Waals surface area contributed by atoms with E-state index in [4.69, 9.17) is 5.11 Å². The Kier molecular flexibility index (Phi) is 11.5. The van der Waals surface area contributed by atoms with Gasteiger partial charge in [0.2, 0.25) is 0 Å². The fraction of sp³-hybridized carbons (Fsp3) is 0.400. The number of carboxylic acids is 1. The minimum atomic E-state index is -0.879. The summed E-state index contributed by atoms with van der Waals surface area (Å²) in [5.74, 6) is -0.879. The van der Waals surface area contributed by atoms with Crippen molar-refractivity contribution in [3.05, 3.63) is 64.2 Å². The van der Waals surface area contributed by atoms with Crippen molar-refractivity contribution in [1.82, 2.24) is 0 Å². The van der Waals surface area contributed by atoms with Crippen LogP contribution in [0, 0.1) is 0 Å². The largest absolute Gasteiger partial charge is 3.00 e. The number of fused-ring (bicyclic) bond motifs is 3. The third kappa shape index (κ3) is 6.22. The summed E-state index contributed by atoms with van der Waals surface area (Å²) in [6.07, 6.45) is 11.2. The van der Waals surface area contributed by atoms with E-state index in [9.17, 15) is 4.79 Å². The summed E-state index contributed by atoms with van der Waals surface area (Å²) in [5, 5.41) is 8.38. The zero-order valence-corrected chi connectivity index (χ0v) is 17.3. The van der Waals surface area contributed by atoms with Crippen LogP contribution in [0.3, 0.4) is 0 Å². The molecule has 1 N–H and O–H groups in total. The Morgan fingerprint density at radius 3 is 1.64 bits per heavy atom. The van der Waals surface area contributed by atoms with E-state index in [2.05, 4.69) is 6.07 Å². The van der Waals surface area contributed by atoms with E-state index < -0.39 is 5.97 Å². The molecule has 2 aliphatic carbocycles. The molecular formula is C20H23Cl2O2Ti. The zero-order valence-electron chi connectivity index (χ0n) is 14.2. The van der Waals surface area contributed by atoms with Gasteiger partial charge in [-0.05, 0) is 12.1 Å². The van der Waals surface area contributed by atoms with E-state index >= 15 is 0 Å². The van der Waals surface area contributed by atoms with Crippen LogP contribution in [0.15, 0.2) is 36.4 Å². The van der Waals surface area contributed by atoms with E-state index in [1.165, 1.54) is 51.4 Å². The maximum absolute atomic E-state index is 10.2. The van der Waals surface area contributed by atoms with Crippen LogP contribution in [0.2, 0.25) is 0 Å². The average Bonchev–Trinajstić information content (AvgIpc) is 2.95. The second-order valence-corrected chi connectivity index (χ2v) is 6.24. The molecule has 0 aliphatic heterocycles. The smallest absolute Gasteiger partial charge is 1.00 e. The normalized spacial score (nSPS) is 14.1. The van der Waals surface area contributed by atoms with Crippen molar-refractivity contribution in [3.8, 4) is 0 Å². The van der Waals surface area contributed by atoms with Crippen molar-refractivity contribution in [2.75, 3.05) is 0 Å². The molecule has 0 amide bonds. The molecule has 133 valence electrons. The van der Waals surface area contributed by atoms with Crippen molar-refractivity contribution < 1.29 is 56.4 Å². The van der Waals surface area contributed by atoms with Gasteiger partial charge in [-0.3, -0.25) is 0 Å². The van der Waals surface area contributed by atoms with Gasteiger partial charge in [-0.25, -0.2) is 4.79 Å². The molecule has 1 radical (unpaired) electrons. The Labute approximate surface area is 177 Å². The fourth-order valence-corrected chi connectivity index (χ4v) is 3.66. The van der Waals surface area contributed by atoms with Gasteiger partial charge in [0.1, 0.15) is 0 Å². The summed E-state index contributed by atoms with van der Waals surface area (Å²) in [6.45, 7) is 0. The molecule has 2 aromatic carbocycles. The maximum Gasteiger partial charge on any atom is 3.00 e. The van der Waals surface area contributed by atoms with Crippen LogP contribution < -0.4 is 24.8 Å². The average molecular weight is 414 g/mol. The molecule has 25 heavy (non-hydrogen) atoms. The molecule has 0 spiro atoms. The number of aromatic carboxylic acids is 1. The third-order valence-electron chi connectivity index (χ3n) is 4.75. The number of carboxylic acid groups (broad SMARTS) is 1. The number of aryl methyl sites for hydroxylation is 2. The van der Waals surface area contributed by atoms with Crippen molar-refractivity contribution in [3.63, 3.8) is 0 Å². The summed E-state index contributed by atoms with van der Waals surface area (Å²) in [6, 6.07) is 10.8. The molecule has 0 atom stereocenters. The molecule has 0 heterocycles. The van der Waals surface area contributed by atoms with Gasteiger partial charge in [-0.15, -0.1) is 0 Å². The van der Waals surface area contributed by atoms with Crippen molar-refractivity contribution in [1.29, 1.82) is 0 Å². The number of halogens is 2. The zero-order chi connectivity index (χ0) is 15.4. The monoisotopic (exact) mass is 413 g/mol. The molecule has 2 nitrogen and oxygen atoms in total. The van der Waals surface area contributed by atoms with Gasteiger partial charge in [-0.2, -0.15) is 28.3 Å². The predicted molar refractivity (Wildman–Crippen MR) is 88.7 cm³/mol. The Balaban J connectivity index is 0.000000435. The fourth-order valence-electron chi connectivity index (χ4n) is 3.66. The van der Waals surface area contributed by atoms with Crippen LogP contribution in [0.25, 0.3) is 0 Å². The predicted octanol–water partition coefficient (Wildman–Crippen LogP) is -1.45. The molecule has 0 saturated heterocycles. The SMILES string of the molecule is O=C(O)c1ccccc1.[Cl-].[Cl-].[Ti+3].[cH-]1c2c(c3c1CCCC3)CCCC2. The molecule has 0 fully saturated rings. The van der Waals surface area contributed by atoms with Gasteiger partial charge < -0.3 is 29.9 Å². The first-order valence-corrected chi connectivity index (χ1v) is 8.33. The summed E-state index contributed by atoms with van der Waals surface area (Å²) in [5.41, 5.74) is 7.27. The number of rotatable bonds is 1. The molecule has 0 bridgehead atoms. The number of hydrogen-bond acceptors (Lipinski definition) is 1. The number of carbonyl (C=O) groups is 1. The Morgan fingerprint density at radius 1 is 0.800 bits per heavy atom. The quantitative estimate of drug-likeness (QED) is 0.459. The van der Waals surface area contributed by atoms with Crippen LogP contribution >= 0.6 is 0 Å². The van der Waals surface area contributed by atoms with Crippen LogP contribution in [0.1, 0.15) is 58.3 Å². The summed E-state index contributed by atoms with van der Waals surface area (Å²) < 4.78 is 0. The van der Waals surface area contributed by atoms with E-state index in [1.54, 1.807) is 52.6 Å². The van der Waals surface area contributed by atoms with Gasteiger partial charge in [-0.1, -0.05) is 69.6 Å². The minimum Gasteiger partial charge on any atom is -1.00 e. The van der Waals surface area contributed by atoms with Crippen LogP contribution in [0.4, 0.5) is 0 Å².